The van der Waals surface area contributed by atoms with Crippen molar-refractivity contribution >= 4 is 28.4 Å². The highest BCUT2D eigenvalue weighted by Gasteiger charge is 2.08. The van der Waals surface area contributed by atoms with Crippen LogP contribution in [0.15, 0.2) is 54.6 Å². The molecular weight excluding hydrogens is 264 g/mol. The Morgan fingerprint density at radius 2 is 1.71 bits per heavy atom. The van der Waals surface area contributed by atoms with Crippen molar-refractivity contribution in [1.29, 1.82) is 5.41 Å². The molecule has 4 aromatic rings. The summed E-state index contributed by atoms with van der Waals surface area (Å²) in [7, 11) is 0. The van der Waals surface area contributed by atoms with Crippen molar-refractivity contribution < 1.29 is 0 Å². The minimum absolute atomic E-state index is 0.135. The molecule has 0 aliphatic carbocycles. The zero-order valence-electron chi connectivity index (χ0n) is 11.0. The molecule has 0 fully saturated rings. The molecule has 3 N–H and O–H groups in total. The van der Waals surface area contributed by atoms with Gasteiger partial charge in [-0.05, 0) is 24.3 Å². The summed E-state index contributed by atoms with van der Waals surface area (Å²) in [5.74, 6) is 0.993. The summed E-state index contributed by atoms with van der Waals surface area (Å²) in [5.41, 5.74) is 2.84. The van der Waals surface area contributed by atoms with E-state index in [9.17, 15) is 0 Å². The van der Waals surface area contributed by atoms with E-state index in [0.29, 0.717) is 11.7 Å². The number of hydrogen-bond acceptors (Lipinski definition) is 4. The maximum atomic E-state index is 8.12. The molecule has 0 unspecified atom stereocenters. The zero-order valence-corrected chi connectivity index (χ0v) is 11.0. The minimum Gasteiger partial charge on any atom is -0.324 e. The summed E-state index contributed by atoms with van der Waals surface area (Å²) < 4.78 is 1.69. The topological polar surface area (TPSA) is 81.9 Å². The number of rotatable bonds is 2. The van der Waals surface area contributed by atoms with Crippen LogP contribution in [-0.2, 0) is 0 Å². The van der Waals surface area contributed by atoms with Gasteiger partial charge in [0.05, 0.1) is 11.0 Å². The lowest BCUT2D eigenvalue weighted by Gasteiger charge is -2.04. The summed E-state index contributed by atoms with van der Waals surface area (Å²) in [5, 5.41) is 11.2. The molecule has 0 aliphatic heterocycles. The fourth-order valence-electron chi connectivity index (χ4n) is 2.34. The van der Waals surface area contributed by atoms with Crippen molar-refractivity contribution in [2.24, 2.45) is 0 Å². The zero-order chi connectivity index (χ0) is 14.2. The Bertz CT molecular complexity index is 983. The molecule has 0 saturated carbocycles. The van der Waals surface area contributed by atoms with Gasteiger partial charge in [-0.1, -0.05) is 30.3 Å². The third-order valence-electron chi connectivity index (χ3n) is 3.27. The van der Waals surface area contributed by atoms with E-state index in [1.54, 1.807) is 4.40 Å². The van der Waals surface area contributed by atoms with Gasteiger partial charge in [0.25, 0.3) is 0 Å². The fourth-order valence-corrected chi connectivity index (χ4v) is 2.34. The number of fused-ring (bicyclic) bond motifs is 3. The Kier molecular flexibility index (Phi) is 2.47. The Balaban J connectivity index is 1.89. The fraction of sp³-hybridized carbons (Fsp3) is 0. The first kappa shape index (κ1) is 11.7. The lowest BCUT2D eigenvalue weighted by atomic mass is 10.3. The van der Waals surface area contributed by atoms with E-state index in [1.165, 1.54) is 0 Å². The van der Waals surface area contributed by atoms with Crippen LogP contribution < -0.4 is 10.9 Å². The molecule has 2 aromatic carbocycles. The maximum absolute atomic E-state index is 8.12. The number of para-hydroxylation sites is 3. The van der Waals surface area contributed by atoms with Crippen molar-refractivity contribution in [3.8, 4) is 0 Å². The molecule has 4 rings (SSSR count). The molecule has 2 heterocycles. The largest absolute Gasteiger partial charge is 0.324 e. The second-order valence-corrected chi connectivity index (χ2v) is 4.66. The first-order valence-corrected chi connectivity index (χ1v) is 6.55. The SMILES string of the molecule is N=c1nc(Nc2ccccc2)nc2[nH]c3ccccc3n12. The standard InChI is InChI=1S/C15H12N6/c16-13-19-14(17-10-6-2-1-3-7-10)20-15-18-11-8-4-5-9-12(11)21(13)15/h1-9H,(H3,16,17,18,19,20). The number of benzene rings is 2. The van der Waals surface area contributed by atoms with Crippen LogP contribution >= 0.6 is 0 Å². The molecular formula is C15H12N6. The van der Waals surface area contributed by atoms with Crippen molar-refractivity contribution in [2.45, 2.75) is 0 Å². The van der Waals surface area contributed by atoms with E-state index in [1.807, 2.05) is 54.6 Å². The van der Waals surface area contributed by atoms with Gasteiger partial charge >= 0.3 is 0 Å². The predicted molar refractivity (Wildman–Crippen MR) is 80.4 cm³/mol. The highest BCUT2D eigenvalue weighted by Crippen LogP contribution is 2.15. The number of hydrogen-bond donors (Lipinski definition) is 3. The second-order valence-electron chi connectivity index (χ2n) is 4.66. The number of imidazole rings is 1. The monoisotopic (exact) mass is 276 g/mol. The van der Waals surface area contributed by atoms with Crippen molar-refractivity contribution in [2.75, 3.05) is 5.32 Å². The summed E-state index contributed by atoms with van der Waals surface area (Å²) in [6.07, 6.45) is 0. The number of anilines is 2. The molecule has 0 bridgehead atoms. The number of nitrogens with zero attached hydrogens (tertiary/aromatic N) is 3. The van der Waals surface area contributed by atoms with E-state index in [-0.39, 0.29) is 5.62 Å². The van der Waals surface area contributed by atoms with Crippen LogP contribution in [0, 0.1) is 5.41 Å². The predicted octanol–water partition coefficient (Wildman–Crippen LogP) is 2.43. The van der Waals surface area contributed by atoms with Gasteiger partial charge in [0, 0.05) is 5.69 Å². The van der Waals surface area contributed by atoms with Crippen molar-refractivity contribution in [1.82, 2.24) is 19.4 Å². The second kappa shape index (κ2) is 4.45. The molecule has 0 aliphatic rings. The summed E-state index contributed by atoms with van der Waals surface area (Å²) >= 11 is 0. The first-order valence-electron chi connectivity index (χ1n) is 6.55. The minimum atomic E-state index is 0.135. The first-order chi connectivity index (χ1) is 10.3. The summed E-state index contributed by atoms with van der Waals surface area (Å²) in [6.45, 7) is 0. The lowest BCUT2D eigenvalue weighted by molar-refractivity contribution is 0.899. The van der Waals surface area contributed by atoms with E-state index in [0.717, 1.165) is 16.7 Å². The molecule has 102 valence electrons. The van der Waals surface area contributed by atoms with E-state index in [4.69, 9.17) is 5.41 Å². The molecule has 0 amide bonds. The van der Waals surface area contributed by atoms with Gasteiger partial charge in [0.1, 0.15) is 0 Å². The van der Waals surface area contributed by atoms with Crippen molar-refractivity contribution in [3.63, 3.8) is 0 Å². The van der Waals surface area contributed by atoms with Gasteiger partial charge in [0.15, 0.2) is 0 Å². The Labute approximate surface area is 119 Å². The Hall–Kier alpha value is -3.15. The quantitative estimate of drug-likeness (QED) is 0.526. The number of nitrogens with one attached hydrogen (secondary N) is 3. The third-order valence-corrected chi connectivity index (χ3v) is 3.27. The molecule has 21 heavy (non-hydrogen) atoms. The van der Waals surface area contributed by atoms with Gasteiger partial charge in [-0.15, -0.1) is 0 Å². The van der Waals surface area contributed by atoms with E-state index < -0.39 is 0 Å². The molecule has 0 atom stereocenters. The Morgan fingerprint density at radius 3 is 2.57 bits per heavy atom. The van der Waals surface area contributed by atoms with Crippen LogP contribution in [0.3, 0.4) is 0 Å². The smallest absolute Gasteiger partial charge is 0.233 e. The molecule has 0 radical (unpaired) electrons. The van der Waals surface area contributed by atoms with Gasteiger partial charge in [0.2, 0.25) is 17.3 Å². The van der Waals surface area contributed by atoms with Gasteiger partial charge in [-0.3, -0.25) is 5.41 Å². The average Bonchev–Trinajstić information content (AvgIpc) is 2.87. The van der Waals surface area contributed by atoms with Crippen LogP contribution in [0.4, 0.5) is 11.6 Å². The van der Waals surface area contributed by atoms with Gasteiger partial charge in [-0.25, -0.2) is 4.40 Å². The highest BCUT2D eigenvalue weighted by molar-refractivity contribution is 5.79. The molecule has 0 saturated heterocycles. The van der Waals surface area contributed by atoms with Gasteiger partial charge in [-0.2, -0.15) is 9.97 Å². The van der Waals surface area contributed by atoms with Crippen LogP contribution in [0.1, 0.15) is 0 Å². The molecule has 0 spiro atoms. The van der Waals surface area contributed by atoms with E-state index in [2.05, 4.69) is 20.3 Å². The normalized spacial score (nSPS) is 11.0. The van der Waals surface area contributed by atoms with Crippen LogP contribution in [-0.4, -0.2) is 19.4 Å². The molecule has 6 nitrogen and oxygen atoms in total. The Morgan fingerprint density at radius 1 is 0.952 bits per heavy atom. The van der Waals surface area contributed by atoms with Gasteiger partial charge < -0.3 is 10.3 Å². The van der Waals surface area contributed by atoms with Crippen LogP contribution in [0.5, 0.6) is 0 Å². The number of aromatic nitrogens is 4. The summed E-state index contributed by atoms with van der Waals surface area (Å²) in [6, 6.07) is 17.4. The third kappa shape index (κ3) is 1.93. The summed E-state index contributed by atoms with van der Waals surface area (Å²) in [4.78, 5) is 11.8. The molecule has 2 aromatic heterocycles. The van der Waals surface area contributed by atoms with Crippen molar-refractivity contribution in [3.05, 3.63) is 60.2 Å². The highest BCUT2D eigenvalue weighted by atomic mass is 15.2. The lowest BCUT2D eigenvalue weighted by Crippen LogP contribution is -2.19. The number of aromatic amines is 1. The maximum Gasteiger partial charge on any atom is 0.233 e. The average molecular weight is 276 g/mol. The van der Waals surface area contributed by atoms with E-state index >= 15 is 0 Å². The van der Waals surface area contributed by atoms with Crippen LogP contribution in [0.2, 0.25) is 0 Å². The molecule has 6 heteroatoms. The number of H-pyrrole nitrogens is 1. The van der Waals surface area contributed by atoms with Crippen LogP contribution in [0.25, 0.3) is 16.8 Å².